The van der Waals surface area contributed by atoms with E-state index < -0.39 is 0 Å². The summed E-state index contributed by atoms with van der Waals surface area (Å²) in [6, 6.07) is 14.5. The highest BCUT2D eigenvalue weighted by Gasteiger charge is 2.41. The van der Waals surface area contributed by atoms with E-state index in [1.165, 1.54) is 11.2 Å². The van der Waals surface area contributed by atoms with Crippen LogP contribution >= 0.6 is 0 Å². The van der Waals surface area contributed by atoms with Crippen LogP contribution in [0.15, 0.2) is 71.0 Å². The van der Waals surface area contributed by atoms with Gasteiger partial charge < -0.3 is 18.9 Å². The summed E-state index contributed by atoms with van der Waals surface area (Å²) in [5.41, 5.74) is 4.24. The van der Waals surface area contributed by atoms with Crippen LogP contribution in [-0.4, -0.2) is 30.0 Å². The Morgan fingerprint density at radius 1 is 1.07 bits per heavy atom. The third kappa shape index (κ3) is 2.36. The smallest absolute Gasteiger partial charge is 0.408 e. The molecule has 2 aliphatic rings. The van der Waals surface area contributed by atoms with Crippen LogP contribution in [0.25, 0.3) is 17.2 Å². The van der Waals surface area contributed by atoms with Crippen molar-refractivity contribution in [1.82, 2.24) is 9.79 Å². The number of rotatable bonds is 2. The Balaban J connectivity index is 1.52. The molecule has 5 nitrogen and oxygen atoms in total. The van der Waals surface area contributed by atoms with Gasteiger partial charge in [0.25, 0.3) is 0 Å². The first kappa shape index (κ1) is 16.1. The van der Waals surface area contributed by atoms with E-state index in [-0.39, 0.29) is 13.1 Å². The molecular weight excluding hydrogens is 335 g/mol. The lowest BCUT2D eigenvalue weighted by Crippen LogP contribution is -2.55. The molecule has 27 heavy (non-hydrogen) atoms. The topological polar surface area (TPSA) is 35.8 Å². The quantitative estimate of drug-likeness (QED) is 0.638. The maximum atomic E-state index is 5.98. The monoisotopic (exact) mass is 356 g/mol. The van der Waals surface area contributed by atoms with Gasteiger partial charge in [-0.3, -0.25) is 0 Å². The first-order chi connectivity index (χ1) is 13.1. The molecule has 134 valence electrons. The predicted octanol–water partition coefficient (Wildman–Crippen LogP) is 4.35. The Labute approximate surface area is 159 Å². The molecular formula is C21H21BN4O. The number of benzene rings is 1. The molecule has 0 bridgehead atoms. The molecule has 0 radical (unpaired) electrons. The second kappa shape index (κ2) is 5.94. The number of nitrogens with zero attached hydrogens (tertiary/aromatic N) is 4. The highest BCUT2D eigenvalue weighted by molar-refractivity contribution is 6.70. The van der Waals surface area contributed by atoms with Gasteiger partial charge in [-0.1, -0.05) is 23.7 Å². The number of anilines is 2. The van der Waals surface area contributed by atoms with E-state index >= 15 is 0 Å². The summed E-state index contributed by atoms with van der Waals surface area (Å²) >= 11 is 0. The number of hydrogen-bond donors (Lipinski definition) is 0. The zero-order chi connectivity index (χ0) is 18.5. The minimum atomic E-state index is 0.124. The second-order valence-corrected chi connectivity index (χ2v) is 7.16. The van der Waals surface area contributed by atoms with Gasteiger partial charge in [-0.2, -0.15) is 0 Å². The first-order valence-electron chi connectivity index (χ1n) is 9.23. The van der Waals surface area contributed by atoms with Crippen LogP contribution < -0.4 is 9.71 Å². The number of aromatic nitrogens is 1. The normalized spacial score (nSPS) is 19.1. The van der Waals surface area contributed by atoms with Gasteiger partial charge in [0.05, 0.1) is 17.2 Å². The molecule has 3 aromatic rings. The summed E-state index contributed by atoms with van der Waals surface area (Å²) in [4.78, 5) is 11.4. The fraction of sp³-hybridized carbons (Fsp3) is 0.190. The van der Waals surface area contributed by atoms with Gasteiger partial charge in [-0.05, 0) is 51.2 Å². The van der Waals surface area contributed by atoms with Crippen molar-refractivity contribution in [3.8, 4) is 0 Å². The van der Waals surface area contributed by atoms with Gasteiger partial charge in [-0.15, -0.1) is 0 Å². The molecule has 2 aliphatic heterocycles. The Kier molecular flexibility index (Phi) is 3.54. The first-order valence-corrected chi connectivity index (χ1v) is 9.23. The van der Waals surface area contributed by atoms with Crippen molar-refractivity contribution in [3.63, 3.8) is 0 Å². The van der Waals surface area contributed by atoms with Crippen molar-refractivity contribution in [1.29, 1.82) is 0 Å². The van der Waals surface area contributed by atoms with Crippen molar-refractivity contribution in [3.05, 3.63) is 72.3 Å². The van der Waals surface area contributed by atoms with Crippen LogP contribution in [0.1, 0.15) is 19.6 Å². The Morgan fingerprint density at radius 3 is 2.70 bits per heavy atom. The van der Waals surface area contributed by atoms with E-state index in [4.69, 9.17) is 4.42 Å². The van der Waals surface area contributed by atoms with E-state index in [2.05, 4.69) is 89.2 Å². The molecule has 1 atom stereocenters. The molecule has 5 rings (SSSR count). The van der Waals surface area contributed by atoms with E-state index in [0.717, 1.165) is 16.8 Å². The van der Waals surface area contributed by atoms with Crippen molar-refractivity contribution in [2.24, 2.45) is 0 Å². The lowest BCUT2D eigenvalue weighted by atomic mass is 9.61. The Bertz CT molecular complexity index is 1060. The molecule has 4 heterocycles. The average molecular weight is 356 g/mol. The van der Waals surface area contributed by atoms with Gasteiger partial charge in [0, 0.05) is 24.3 Å². The minimum Gasteiger partial charge on any atom is -0.436 e. The fourth-order valence-electron chi connectivity index (χ4n) is 4.27. The highest BCUT2D eigenvalue weighted by atomic mass is 16.3. The van der Waals surface area contributed by atoms with Crippen molar-refractivity contribution in [2.75, 3.05) is 16.8 Å². The van der Waals surface area contributed by atoms with Crippen molar-refractivity contribution >= 4 is 35.5 Å². The van der Waals surface area contributed by atoms with Gasteiger partial charge in [0.2, 0.25) is 5.71 Å². The lowest BCUT2D eigenvalue weighted by molar-refractivity contribution is 0.474. The summed E-state index contributed by atoms with van der Waals surface area (Å²) in [7, 11) is 2.13. The Hall–Kier alpha value is -3.15. The zero-order valence-electron chi connectivity index (χ0n) is 15.7. The maximum absolute atomic E-state index is 5.98. The third-order valence-electron chi connectivity index (χ3n) is 5.52. The van der Waals surface area contributed by atoms with Crippen LogP contribution in [0.4, 0.5) is 11.4 Å². The molecule has 0 unspecified atom stereocenters. The number of fused-ring (bicyclic) bond motifs is 3. The van der Waals surface area contributed by atoms with Crippen LogP contribution in [0.3, 0.4) is 0 Å². The number of pyridine rings is 1. The molecule has 0 saturated heterocycles. The second-order valence-electron chi connectivity index (χ2n) is 7.16. The maximum Gasteiger partial charge on any atom is 0.408 e. The highest BCUT2D eigenvalue weighted by Crippen LogP contribution is 2.40. The van der Waals surface area contributed by atoms with Gasteiger partial charge in [0.1, 0.15) is 0 Å². The molecule has 0 fully saturated rings. The molecule has 2 aromatic heterocycles. The van der Waals surface area contributed by atoms with E-state index in [1.807, 2.05) is 12.1 Å². The molecule has 0 N–H and O–H groups in total. The summed E-state index contributed by atoms with van der Waals surface area (Å²) < 4.78 is 5.98. The van der Waals surface area contributed by atoms with Crippen molar-refractivity contribution < 1.29 is 4.42 Å². The van der Waals surface area contributed by atoms with E-state index in [1.54, 1.807) is 6.20 Å². The van der Waals surface area contributed by atoms with E-state index in [0.29, 0.717) is 5.71 Å². The summed E-state index contributed by atoms with van der Waals surface area (Å²) in [6.07, 6.45) is 8.47. The van der Waals surface area contributed by atoms with Crippen LogP contribution in [0.5, 0.6) is 0 Å². The van der Waals surface area contributed by atoms with Gasteiger partial charge in [-0.25, -0.2) is 4.98 Å². The molecule has 6 heteroatoms. The van der Waals surface area contributed by atoms with E-state index in [9.17, 15) is 0 Å². The van der Waals surface area contributed by atoms with Gasteiger partial charge in [0.15, 0.2) is 5.76 Å². The largest absolute Gasteiger partial charge is 0.436 e. The summed E-state index contributed by atoms with van der Waals surface area (Å²) in [5, 5.41) is 1.06. The molecule has 1 aromatic carbocycles. The predicted molar refractivity (Wildman–Crippen MR) is 111 cm³/mol. The fourth-order valence-corrected chi connectivity index (χ4v) is 4.27. The number of para-hydroxylation sites is 1. The SMILES string of the molecule is CC1=Cc2oc3ncccc3c2N(C)B1N1C=CN(c2ccccc2)[C@@H]1C. The summed E-state index contributed by atoms with van der Waals surface area (Å²) in [6.45, 7) is 4.52. The summed E-state index contributed by atoms with van der Waals surface area (Å²) in [5.74, 6) is 0.885. The average Bonchev–Trinajstić information content (AvgIpc) is 3.23. The zero-order valence-corrected chi connectivity index (χ0v) is 15.7. The third-order valence-corrected chi connectivity index (χ3v) is 5.52. The van der Waals surface area contributed by atoms with Crippen LogP contribution in [0.2, 0.25) is 0 Å². The standard InChI is InChI=1S/C21H21BN4O/c1-15-14-19-20(18-10-7-11-23-21(18)27-19)24(3)22(15)26-13-12-25(16(26)2)17-8-5-4-6-9-17/h4-14,16H,1-3H3/t16-/m0/s1. The van der Waals surface area contributed by atoms with Gasteiger partial charge >= 0.3 is 6.98 Å². The molecule has 0 saturated carbocycles. The van der Waals surface area contributed by atoms with Crippen molar-refractivity contribution in [2.45, 2.75) is 20.0 Å². The number of furan rings is 1. The van der Waals surface area contributed by atoms with Crippen LogP contribution in [0, 0.1) is 0 Å². The Morgan fingerprint density at radius 2 is 1.89 bits per heavy atom. The molecule has 0 amide bonds. The minimum absolute atomic E-state index is 0.124. The molecule has 0 aliphatic carbocycles. The van der Waals surface area contributed by atoms with Crippen LogP contribution in [-0.2, 0) is 0 Å². The number of hydrogen-bond acceptors (Lipinski definition) is 5. The molecule has 0 spiro atoms. The number of allylic oxidation sites excluding steroid dienone is 1. The lowest BCUT2D eigenvalue weighted by Gasteiger charge is -2.40.